The standard InChI is InChI=1S/C18H15NOS/c20-11-14-5-3-4-13-8-9-19(18(13)14)10-15-12-21-17-7-2-1-6-16(15)17/h1-9,11,15H,10,12H2. The van der Waals surface area contributed by atoms with Gasteiger partial charge in [0, 0.05) is 40.3 Å². The Hall–Kier alpha value is -2.00. The summed E-state index contributed by atoms with van der Waals surface area (Å²) in [5.74, 6) is 1.63. The van der Waals surface area contributed by atoms with Gasteiger partial charge >= 0.3 is 0 Å². The molecular weight excluding hydrogens is 278 g/mol. The number of fused-ring (bicyclic) bond motifs is 2. The topological polar surface area (TPSA) is 22.0 Å². The summed E-state index contributed by atoms with van der Waals surface area (Å²) in [4.78, 5) is 12.7. The number of para-hydroxylation sites is 1. The van der Waals surface area contributed by atoms with Crippen LogP contribution in [0.5, 0.6) is 0 Å². The summed E-state index contributed by atoms with van der Waals surface area (Å²) < 4.78 is 2.23. The van der Waals surface area contributed by atoms with Gasteiger partial charge in [-0.05, 0) is 23.8 Å². The minimum Gasteiger partial charge on any atom is -0.346 e. The zero-order valence-electron chi connectivity index (χ0n) is 11.5. The molecule has 1 unspecified atom stereocenters. The molecule has 0 bridgehead atoms. The van der Waals surface area contributed by atoms with Crippen LogP contribution < -0.4 is 0 Å². The van der Waals surface area contributed by atoms with Crippen LogP contribution >= 0.6 is 11.8 Å². The van der Waals surface area contributed by atoms with Crippen molar-refractivity contribution >= 4 is 29.0 Å². The molecule has 3 heteroatoms. The highest BCUT2D eigenvalue weighted by Gasteiger charge is 2.23. The van der Waals surface area contributed by atoms with E-state index in [2.05, 4.69) is 47.2 Å². The van der Waals surface area contributed by atoms with Gasteiger partial charge in [-0.25, -0.2) is 0 Å². The SMILES string of the molecule is O=Cc1cccc2ccn(CC3CSc4ccccc43)c12. The lowest BCUT2D eigenvalue weighted by Crippen LogP contribution is -2.08. The first-order valence-electron chi connectivity index (χ1n) is 7.11. The normalized spacial score (nSPS) is 17.0. The van der Waals surface area contributed by atoms with E-state index in [4.69, 9.17) is 0 Å². The Morgan fingerprint density at radius 3 is 2.95 bits per heavy atom. The third-order valence-electron chi connectivity index (χ3n) is 4.16. The van der Waals surface area contributed by atoms with Gasteiger partial charge in [-0.2, -0.15) is 0 Å². The van der Waals surface area contributed by atoms with E-state index in [0.29, 0.717) is 5.92 Å². The van der Waals surface area contributed by atoms with Gasteiger partial charge in [-0.15, -0.1) is 11.8 Å². The molecule has 0 saturated heterocycles. The number of rotatable bonds is 3. The van der Waals surface area contributed by atoms with Crippen LogP contribution in [0.4, 0.5) is 0 Å². The van der Waals surface area contributed by atoms with Gasteiger partial charge in [-0.1, -0.05) is 30.3 Å². The smallest absolute Gasteiger partial charge is 0.152 e. The quantitative estimate of drug-likeness (QED) is 0.670. The Bertz CT molecular complexity index is 821. The average molecular weight is 293 g/mol. The molecule has 1 atom stereocenters. The van der Waals surface area contributed by atoms with Gasteiger partial charge in [0.1, 0.15) is 0 Å². The van der Waals surface area contributed by atoms with Crippen LogP contribution in [0.2, 0.25) is 0 Å². The van der Waals surface area contributed by atoms with Crippen molar-refractivity contribution in [3.05, 3.63) is 65.9 Å². The summed E-state index contributed by atoms with van der Waals surface area (Å²) in [6.45, 7) is 0.929. The van der Waals surface area contributed by atoms with Crippen LogP contribution in [0.15, 0.2) is 59.6 Å². The molecule has 2 heterocycles. The fourth-order valence-electron chi connectivity index (χ4n) is 3.16. The maximum absolute atomic E-state index is 11.3. The molecule has 0 aliphatic carbocycles. The maximum atomic E-state index is 11.3. The van der Waals surface area contributed by atoms with Crippen molar-refractivity contribution in [2.45, 2.75) is 17.4 Å². The van der Waals surface area contributed by atoms with Gasteiger partial charge in [0.05, 0.1) is 5.52 Å². The van der Waals surface area contributed by atoms with Crippen LogP contribution in [0.3, 0.4) is 0 Å². The summed E-state index contributed by atoms with van der Waals surface area (Å²) in [6.07, 6.45) is 3.06. The first-order chi connectivity index (χ1) is 10.4. The number of benzene rings is 2. The zero-order valence-corrected chi connectivity index (χ0v) is 12.3. The molecule has 2 aromatic carbocycles. The molecule has 0 radical (unpaired) electrons. The third-order valence-corrected chi connectivity index (χ3v) is 5.41. The predicted octanol–water partition coefficient (Wildman–Crippen LogP) is 4.34. The summed E-state index contributed by atoms with van der Waals surface area (Å²) >= 11 is 1.93. The lowest BCUT2D eigenvalue weighted by Gasteiger charge is -2.14. The maximum Gasteiger partial charge on any atom is 0.152 e. The molecule has 1 aliphatic rings. The summed E-state index contributed by atoms with van der Waals surface area (Å²) in [5.41, 5.74) is 3.27. The lowest BCUT2D eigenvalue weighted by molar-refractivity contribution is 0.112. The second kappa shape index (κ2) is 5.08. The average Bonchev–Trinajstić information content (AvgIpc) is 3.13. The van der Waals surface area contributed by atoms with Gasteiger partial charge in [-0.3, -0.25) is 4.79 Å². The lowest BCUT2D eigenvalue weighted by atomic mass is 10.0. The molecule has 1 aromatic heterocycles. The number of hydrogen-bond acceptors (Lipinski definition) is 2. The minimum atomic E-state index is 0.515. The van der Waals surface area contributed by atoms with Crippen LogP contribution in [0, 0.1) is 0 Å². The Morgan fingerprint density at radius 2 is 2.05 bits per heavy atom. The first-order valence-corrected chi connectivity index (χ1v) is 8.10. The Labute approximate surface area is 127 Å². The largest absolute Gasteiger partial charge is 0.346 e. The van der Waals surface area contributed by atoms with Crippen molar-refractivity contribution in [1.29, 1.82) is 0 Å². The summed E-state index contributed by atoms with van der Waals surface area (Å²) in [5, 5.41) is 1.14. The Kier molecular flexibility index (Phi) is 3.08. The number of nitrogens with zero attached hydrogens (tertiary/aromatic N) is 1. The highest BCUT2D eigenvalue weighted by atomic mass is 32.2. The van der Waals surface area contributed by atoms with Crippen molar-refractivity contribution in [3.63, 3.8) is 0 Å². The van der Waals surface area contributed by atoms with Crippen LogP contribution in [0.25, 0.3) is 10.9 Å². The Morgan fingerprint density at radius 1 is 1.14 bits per heavy atom. The molecule has 4 rings (SSSR count). The van der Waals surface area contributed by atoms with E-state index in [-0.39, 0.29) is 0 Å². The fraction of sp³-hybridized carbons (Fsp3) is 0.167. The van der Waals surface area contributed by atoms with Gasteiger partial charge in [0.15, 0.2) is 6.29 Å². The van der Waals surface area contributed by atoms with Crippen molar-refractivity contribution in [3.8, 4) is 0 Å². The second-order valence-electron chi connectivity index (χ2n) is 5.42. The van der Waals surface area contributed by atoms with Crippen molar-refractivity contribution < 1.29 is 4.79 Å². The molecule has 104 valence electrons. The molecule has 2 nitrogen and oxygen atoms in total. The highest BCUT2D eigenvalue weighted by molar-refractivity contribution is 7.99. The van der Waals surface area contributed by atoms with Gasteiger partial charge < -0.3 is 4.57 Å². The first kappa shape index (κ1) is 12.7. The molecule has 0 amide bonds. The van der Waals surface area contributed by atoms with Crippen LogP contribution in [-0.4, -0.2) is 16.6 Å². The fourth-order valence-corrected chi connectivity index (χ4v) is 4.40. The third kappa shape index (κ3) is 2.09. The zero-order chi connectivity index (χ0) is 14.2. The van der Waals surface area contributed by atoms with E-state index in [9.17, 15) is 4.79 Å². The van der Waals surface area contributed by atoms with Gasteiger partial charge in [0.25, 0.3) is 0 Å². The number of aldehydes is 1. The van der Waals surface area contributed by atoms with E-state index >= 15 is 0 Å². The molecule has 0 saturated carbocycles. The van der Waals surface area contributed by atoms with E-state index in [1.54, 1.807) is 0 Å². The second-order valence-corrected chi connectivity index (χ2v) is 6.48. The van der Waals surface area contributed by atoms with Gasteiger partial charge in [0.2, 0.25) is 0 Å². The monoisotopic (exact) mass is 293 g/mol. The molecule has 3 aromatic rings. The summed E-state index contributed by atoms with van der Waals surface area (Å²) in [6, 6.07) is 16.6. The molecule has 0 spiro atoms. The molecule has 0 N–H and O–H groups in total. The molecule has 1 aliphatic heterocycles. The molecule has 0 fully saturated rings. The highest BCUT2D eigenvalue weighted by Crippen LogP contribution is 2.40. The predicted molar refractivity (Wildman–Crippen MR) is 87.2 cm³/mol. The van der Waals surface area contributed by atoms with Crippen LogP contribution in [-0.2, 0) is 6.54 Å². The van der Waals surface area contributed by atoms with E-state index in [1.807, 2.05) is 23.9 Å². The number of hydrogen-bond donors (Lipinski definition) is 0. The number of carbonyl (C=O) groups is 1. The molecular formula is C18H15NOS. The number of carbonyl (C=O) groups excluding carboxylic acids is 1. The minimum absolute atomic E-state index is 0.515. The Balaban J connectivity index is 1.74. The molecule has 21 heavy (non-hydrogen) atoms. The van der Waals surface area contributed by atoms with E-state index in [0.717, 1.165) is 35.1 Å². The number of thioether (sulfide) groups is 1. The van der Waals surface area contributed by atoms with E-state index in [1.165, 1.54) is 10.5 Å². The van der Waals surface area contributed by atoms with Crippen molar-refractivity contribution in [2.24, 2.45) is 0 Å². The van der Waals surface area contributed by atoms with Crippen LogP contribution in [0.1, 0.15) is 21.8 Å². The van der Waals surface area contributed by atoms with Crippen molar-refractivity contribution in [1.82, 2.24) is 4.57 Å². The number of aromatic nitrogens is 1. The van der Waals surface area contributed by atoms with E-state index < -0.39 is 0 Å². The van der Waals surface area contributed by atoms with Crippen molar-refractivity contribution in [2.75, 3.05) is 5.75 Å². The summed E-state index contributed by atoms with van der Waals surface area (Å²) in [7, 11) is 0.